The lowest BCUT2D eigenvalue weighted by Gasteiger charge is -2.27. The lowest BCUT2D eigenvalue weighted by Crippen LogP contribution is -2.27. The highest BCUT2D eigenvalue weighted by atomic mass is 19.4. The van der Waals surface area contributed by atoms with Crippen LogP contribution in [0.1, 0.15) is 64.7 Å². The lowest BCUT2D eigenvalue weighted by atomic mass is 9.80. The average Bonchev–Trinajstić information content (AvgIpc) is 2.52. The van der Waals surface area contributed by atoms with Crippen LogP contribution in [-0.4, -0.2) is 6.18 Å². The van der Waals surface area contributed by atoms with E-state index in [1.165, 1.54) is 32.1 Å². The molecule has 0 radical (unpaired) electrons. The third kappa shape index (κ3) is 5.38. The maximum atomic E-state index is 12.6. The van der Waals surface area contributed by atoms with Gasteiger partial charge in [0.25, 0.3) is 0 Å². The molecule has 124 valence electrons. The second-order valence-electron chi connectivity index (χ2n) is 6.93. The van der Waals surface area contributed by atoms with E-state index >= 15 is 0 Å². The van der Waals surface area contributed by atoms with Crippen LogP contribution in [0.15, 0.2) is 12.2 Å². The first-order valence-corrected chi connectivity index (χ1v) is 8.73. The van der Waals surface area contributed by atoms with Crippen molar-refractivity contribution in [3.8, 4) is 11.8 Å². The van der Waals surface area contributed by atoms with E-state index in [2.05, 4.69) is 24.8 Å². The van der Waals surface area contributed by atoms with Crippen LogP contribution in [0, 0.1) is 35.5 Å². The van der Waals surface area contributed by atoms with Gasteiger partial charge in [-0.05, 0) is 69.3 Å². The Kier molecular flexibility index (Phi) is 6.41. The molecule has 0 bridgehead atoms. The van der Waals surface area contributed by atoms with E-state index in [1.54, 1.807) is 0 Å². The van der Waals surface area contributed by atoms with Gasteiger partial charge in [0.15, 0.2) is 0 Å². The van der Waals surface area contributed by atoms with Gasteiger partial charge in [-0.1, -0.05) is 31.3 Å². The smallest absolute Gasteiger partial charge is 0.171 e. The van der Waals surface area contributed by atoms with Crippen molar-refractivity contribution < 1.29 is 13.2 Å². The van der Waals surface area contributed by atoms with E-state index in [1.807, 2.05) is 6.08 Å². The SMILES string of the molecule is CCC1CCC(C=CC#CC2CCC(C(F)(F)F)CC2)CC1. The quantitative estimate of drug-likeness (QED) is 0.538. The predicted octanol–water partition coefficient (Wildman–Crippen LogP) is 6.13. The number of rotatable bonds is 2. The van der Waals surface area contributed by atoms with Crippen LogP contribution in [0.4, 0.5) is 13.2 Å². The summed E-state index contributed by atoms with van der Waals surface area (Å²) in [4.78, 5) is 0. The standard InChI is InChI=1S/C19H27F3/c1-2-15-7-9-16(10-8-15)5-3-4-6-17-11-13-18(14-12-17)19(20,21)22/h3,5,15-18H,2,7-14H2,1H3. The van der Waals surface area contributed by atoms with Gasteiger partial charge in [-0.2, -0.15) is 13.2 Å². The van der Waals surface area contributed by atoms with Crippen LogP contribution in [0.25, 0.3) is 0 Å². The van der Waals surface area contributed by atoms with Gasteiger partial charge in [-0.3, -0.25) is 0 Å². The summed E-state index contributed by atoms with van der Waals surface area (Å²) in [5.74, 6) is 6.82. The third-order valence-corrected chi connectivity index (χ3v) is 5.40. The van der Waals surface area contributed by atoms with Gasteiger partial charge in [0.2, 0.25) is 0 Å². The van der Waals surface area contributed by atoms with E-state index in [4.69, 9.17) is 0 Å². The summed E-state index contributed by atoms with van der Waals surface area (Å²) in [6.45, 7) is 2.26. The Morgan fingerprint density at radius 2 is 1.59 bits per heavy atom. The molecule has 0 amide bonds. The summed E-state index contributed by atoms with van der Waals surface area (Å²) in [5.41, 5.74) is 0. The molecule has 0 nitrogen and oxygen atoms in total. The van der Waals surface area contributed by atoms with Crippen molar-refractivity contribution in [1.82, 2.24) is 0 Å². The average molecular weight is 312 g/mol. The minimum atomic E-state index is -4.02. The number of hydrogen-bond acceptors (Lipinski definition) is 0. The van der Waals surface area contributed by atoms with Crippen LogP contribution < -0.4 is 0 Å². The molecule has 0 saturated heterocycles. The molecule has 2 saturated carbocycles. The summed E-state index contributed by atoms with van der Waals surface area (Å²) in [5, 5.41) is 0. The minimum absolute atomic E-state index is 0.152. The molecule has 2 rings (SSSR count). The van der Waals surface area contributed by atoms with Crippen LogP contribution in [-0.2, 0) is 0 Å². The maximum Gasteiger partial charge on any atom is 0.391 e. The fourth-order valence-electron chi connectivity index (χ4n) is 3.70. The number of hydrogen-bond donors (Lipinski definition) is 0. The normalized spacial score (nSPS) is 33.5. The molecule has 2 aliphatic rings. The topological polar surface area (TPSA) is 0 Å². The van der Waals surface area contributed by atoms with Crippen molar-refractivity contribution in [1.29, 1.82) is 0 Å². The zero-order chi connectivity index (χ0) is 16.0. The fraction of sp³-hybridized carbons (Fsp3) is 0.789. The Morgan fingerprint density at radius 3 is 2.14 bits per heavy atom. The second-order valence-corrected chi connectivity index (χ2v) is 6.93. The molecule has 0 N–H and O–H groups in total. The molecule has 0 atom stereocenters. The number of alkyl halides is 3. The molecule has 0 spiro atoms. The first-order chi connectivity index (χ1) is 10.5. The molecular formula is C19H27F3. The van der Waals surface area contributed by atoms with Crippen LogP contribution in [0.5, 0.6) is 0 Å². The van der Waals surface area contributed by atoms with Gasteiger partial charge < -0.3 is 0 Å². The largest absolute Gasteiger partial charge is 0.391 e. The zero-order valence-electron chi connectivity index (χ0n) is 13.5. The lowest BCUT2D eigenvalue weighted by molar-refractivity contribution is -0.182. The molecule has 0 aromatic carbocycles. The maximum absolute atomic E-state index is 12.6. The van der Waals surface area contributed by atoms with E-state index < -0.39 is 12.1 Å². The Hall–Kier alpha value is -0.910. The van der Waals surface area contributed by atoms with Gasteiger partial charge in [-0.15, -0.1) is 0 Å². The van der Waals surface area contributed by atoms with Gasteiger partial charge >= 0.3 is 6.18 Å². The van der Waals surface area contributed by atoms with Gasteiger partial charge in [0.05, 0.1) is 5.92 Å². The van der Waals surface area contributed by atoms with Gasteiger partial charge in [0, 0.05) is 5.92 Å². The summed E-state index contributed by atoms with van der Waals surface area (Å²) in [6, 6.07) is 0. The number of halogens is 3. The first kappa shape index (κ1) is 17.4. The highest BCUT2D eigenvalue weighted by molar-refractivity contribution is 5.18. The highest BCUT2D eigenvalue weighted by Gasteiger charge is 2.41. The Bertz CT molecular complexity index is 408. The Morgan fingerprint density at radius 1 is 0.955 bits per heavy atom. The molecule has 0 unspecified atom stereocenters. The van der Waals surface area contributed by atoms with Crippen molar-refractivity contribution in [3.05, 3.63) is 12.2 Å². The molecule has 0 aliphatic heterocycles. The molecule has 2 aliphatic carbocycles. The molecular weight excluding hydrogens is 285 g/mol. The second kappa shape index (κ2) is 8.09. The van der Waals surface area contributed by atoms with Gasteiger partial charge in [0.1, 0.15) is 0 Å². The van der Waals surface area contributed by atoms with Crippen molar-refractivity contribution in [2.45, 2.75) is 70.9 Å². The van der Waals surface area contributed by atoms with Crippen LogP contribution >= 0.6 is 0 Å². The third-order valence-electron chi connectivity index (χ3n) is 5.40. The highest BCUT2D eigenvalue weighted by Crippen LogP contribution is 2.39. The van der Waals surface area contributed by atoms with E-state index in [-0.39, 0.29) is 18.8 Å². The monoisotopic (exact) mass is 312 g/mol. The summed E-state index contributed by atoms with van der Waals surface area (Å²) in [6.07, 6.45) is 8.24. The van der Waals surface area contributed by atoms with E-state index in [9.17, 15) is 13.2 Å². The molecule has 0 aromatic rings. The molecule has 2 fully saturated rings. The molecule has 0 heterocycles. The van der Waals surface area contributed by atoms with Crippen molar-refractivity contribution in [2.24, 2.45) is 23.7 Å². The summed E-state index contributed by atoms with van der Waals surface area (Å²) >= 11 is 0. The van der Waals surface area contributed by atoms with Crippen molar-refractivity contribution in [2.75, 3.05) is 0 Å². The molecule has 0 aromatic heterocycles. The molecule has 22 heavy (non-hydrogen) atoms. The predicted molar refractivity (Wildman–Crippen MR) is 84.2 cm³/mol. The summed E-state index contributed by atoms with van der Waals surface area (Å²) in [7, 11) is 0. The van der Waals surface area contributed by atoms with Crippen LogP contribution in [0.3, 0.4) is 0 Å². The van der Waals surface area contributed by atoms with Crippen molar-refractivity contribution in [3.63, 3.8) is 0 Å². The van der Waals surface area contributed by atoms with Crippen molar-refractivity contribution >= 4 is 0 Å². The minimum Gasteiger partial charge on any atom is -0.171 e. The van der Waals surface area contributed by atoms with E-state index in [0.717, 1.165) is 5.92 Å². The fourth-order valence-corrected chi connectivity index (χ4v) is 3.70. The first-order valence-electron chi connectivity index (χ1n) is 8.73. The van der Waals surface area contributed by atoms with Gasteiger partial charge in [-0.25, -0.2) is 0 Å². The zero-order valence-corrected chi connectivity index (χ0v) is 13.5. The van der Waals surface area contributed by atoms with Crippen LogP contribution in [0.2, 0.25) is 0 Å². The summed E-state index contributed by atoms with van der Waals surface area (Å²) < 4.78 is 37.8. The molecule has 3 heteroatoms. The Balaban J connectivity index is 1.70. The van der Waals surface area contributed by atoms with E-state index in [0.29, 0.717) is 18.8 Å². The Labute approximate surface area is 132 Å². The number of allylic oxidation sites excluding steroid dienone is 2.